The lowest BCUT2D eigenvalue weighted by Gasteiger charge is -2.15. The van der Waals surface area contributed by atoms with Crippen molar-refractivity contribution in [1.82, 2.24) is 9.55 Å². The van der Waals surface area contributed by atoms with E-state index in [1.165, 1.54) is 0 Å². The smallest absolute Gasteiger partial charge is 0.433 e. The normalized spacial score (nSPS) is 13.5. The maximum absolute atomic E-state index is 13.1. The van der Waals surface area contributed by atoms with E-state index in [1.54, 1.807) is 0 Å². The minimum absolute atomic E-state index is 0.152. The van der Waals surface area contributed by atoms with E-state index in [1.807, 2.05) is 0 Å². The van der Waals surface area contributed by atoms with Crippen molar-refractivity contribution in [3.63, 3.8) is 0 Å². The molecule has 30 heavy (non-hydrogen) atoms. The van der Waals surface area contributed by atoms with Gasteiger partial charge in [0, 0.05) is 12.3 Å². The van der Waals surface area contributed by atoms with Crippen LogP contribution in [-0.2, 0) is 18.5 Å². The first kappa shape index (κ1) is 23.6. The molecule has 2 rings (SSSR count). The summed E-state index contributed by atoms with van der Waals surface area (Å²) in [5.41, 5.74) is -7.27. The van der Waals surface area contributed by atoms with Crippen LogP contribution in [0, 0.1) is 0 Å². The van der Waals surface area contributed by atoms with E-state index < -0.39 is 57.6 Å². The van der Waals surface area contributed by atoms with Gasteiger partial charge >= 0.3 is 18.5 Å². The summed E-state index contributed by atoms with van der Waals surface area (Å²) in [5.74, 6) is -0.537. The summed E-state index contributed by atoms with van der Waals surface area (Å²) in [6, 6.07) is 0.359. The maximum Gasteiger partial charge on any atom is 0.433 e. The summed E-state index contributed by atoms with van der Waals surface area (Å²) in [6.07, 6.45) is -14.7. The molecule has 1 heterocycles. The molecular formula is C16H9ClF9N3O. The molecule has 0 spiro atoms. The molecule has 0 N–H and O–H groups in total. The van der Waals surface area contributed by atoms with Crippen molar-refractivity contribution in [2.45, 2.75) is 18.5 Å². The maximum atomic E-state index is 13.1. The highest BCUT2D eigenvalue weighted by Gasteiger charge is 2.39. The van der Waals surface area contributed by atoms with Gasteiger partial charge in [0.1, 0.15) is 0 Å². The summed E-state index contributed by atoms with van der Waals surface area (Å²) in [7, 11) is 0.971. The molecule has 0 aliphatic carbocycles. The average Bonchev–Trinajstić information content (AvgIpc) is 2.59. The van der Waals surface area contributed by atoms with Crippen LogP contribution in [0.5, 0.6) is 5.88 Å². The van der Waals surface area contributed by atoms with Gasteiger partial charge in [-0.3, -0.25) is 4.57 Å². The number of aromatic nitrogens is 2. The van der Waals surface area contributed by atoms with Crippen molar-refractivity contribution in [1.29, 1.82) is 0 Å². The lowest BCUT2D eigenvalue weighted by atomic mass is 10.1. The van der Waals surface area contributed by atoms with E-state index >= 15 is 0 Å². The van der Waals surface area contributed by atoms with Crippen LogP contribution in [0.25, 0.3) is 6.20 Å². The predicted molar refractivity (Wildman–Crippen MR) is 86.8 cm³/mol. The third kappa shape index (κ3) is 4.89. The van der Waals surface area contributed by atoms with Gasteiger partial charge in [-0.1, -0.05) is 18.2 Å². The Bertz CT molecular complexity index is 1040. The van der Waals surface area contributed by atoms with E-state index in [0.29, 0.717) is 10.6 Å². The lowest BCUT2D eigenvalue weighted by Crippen LogP contribution is -2.26. The summed E-state index contributed by atoms with van der Waals surface area (Å²) in [5, 5.41) is -1.26. The van der Waals surface area contributed by atoms with Crippen LogP contribution >= 0.6 is 11.6 Å². The molecule has 164 valence electrons. The molecule has 0 saturated heterocycles. The second-order valence-corrected chi connectivity index (χ2v) is 5.88. The zero-order valence-electron chi connectivity index (χ0n) is 14.5. The molecule has 0 aliphatic heterocycles. The van der Waals surface area contributed by atoms with Gasteiger partial charge in [-0.2, -0.15) is 39.5 Å². The molecule has 14 heteroatoms. The Balaban J connectivity index is 2.96. The third-order valence-electron chi connectivity index (χ3n) is 3.52. The molecule has 0 amide bonds. The van der Waals surface area contributed by atoms with Crippen LogP contribution in [0.2, 0.25) is 5.02 Å². The zero-order chi connectivity index (χ0) is 23.1. The Morgan fingerprint density at radius 3 is 2.03 bits per heavy atom. The van der Waals surface area contributed by atoms with Gasteiger partial charge in [-0.05, 0) is 12.1 Å². The van der Waals surface area contributed by atoms with Crippen LogP contribution in [-0.4, -0.2) is 16.7 Å². The third-order valence-corrected chi connectivity index (χ3v) is 3.92. The second-order valence-electron chi connectivity index (χ2n) is 5.50. The first-order chi connectivity index (χ1) is 13.6. The molecule has 0 unspecified atom stereocenters. The van der Waals surface area contributed by atoms with Crippen molar-refractivity contribution in [2.75, 3.05) is 7.11 Å². The number of benzene rings is 1. The van der Waals surface area contributed by atoms with Gasteiger partial charge < -0.3 is 4.74 Å². The molecule has 1 aromatic carbocycles. The largest absolute Gasteiger partial charge is 0.482 e. The van der Waals surface area contributed by atoms with Gasteiger partial charge in [0.05, 0.1) is 28.9 Å². The fourth-order valence-corrected chi connectivity index (χ4v) is 2.46. The topological polar surface area (TPSA) is 39.4 Å². The summed E-state index contributed by atoms with van der Waals surface area (Å²) < 4.78 is 123. The van der Waals surface area contributed by atoms with Crippen LogP contribution < -0.4 is 10.4 Å². The number of nitrogens with zero attached hydrogens (tertiary/aromatic N) is 3. The highest BCUT2D eigenvalue weighted by atomic mass is 35.5. The second kappa shape index (κ2) is 7.85. The molecule has 1 aromatic heterocycles. The summed E-state index contributed by atoms with van der Waals surface area (Å²) >= 11 is 5.57. The first-order valence-electron chi connectivity index (χ1n) is 7.49. The van der Waals surface area contributed by atoms with E-state index in [2.05, 4.69) is 16.6 Å². The Morgan fingerprint density at radius 2 is 1.60 bits per heavy atom. The van der Waals surface area contributed by atoms with Gasteiger partial charge in [0.2, 0.25) is 11.5 Å². The van der Waals surface area contributed by atoms with Gasteiger partial charge in [-0.15, -0.1) is 0 Å². The minimum atomic E-state index is -5.30. The average molecular weight is 466 g/mol. The predicted octanol–water partition coefficient (Wildman–Crippen LogP) is 5.93. The first-order valence-corrected chi connectivity index (χ1v) is 7.87. The molecule has 0 saturated carbocycles. The summed E-state index contributed by atoms with van der Waals surface area (Å²) in [6.45, 7) is 3.28. The molecule has 4 nitrogen and oxygen atoms in total. The highest BCUT2D eigenvalue weighted by molar-refractivity contribution is 6.33. The van der Waals surface area contributed by atoms with E-state index in [-0.39, 0.29) is 12.1 Å². The molecule has 0 fully saturated rings. The zero-order valence-corrected chi connectivity index (χ0v) is 15.3. The number of hydrogen-bond acceptors (Lipinski definition) is 3. The van der Waals surface area contributed by atoms with Crippen LogP contribution in [0.3, 0.4) is 0 Å². The Kier molecular flexibility index (Phi) is 6.17. The standard InChI is InChI=1S/C16H9ClF9N3O/c1-3-29-11(30-2)6-10(16(24,25)26)28-13(29)27-9-5-7(14(18,19)20)4-8(12(9)17)15(21,22)23/h3-6H,1H2,2H3. The van der Waals surface area contributed by atoms with E-state index in [0.717, 1.165) is 13.3 Å². The van der Waals surface area contributed by atoms with Crippen molar-refractivity contribution >= 4 is 23.5 Å². The SMILES string of the molecule is C=Cn1c(OC)cc(C(F)(F)F)nc1=Nc1cc(C(F)(F)F)cc(C(F)(F)F)c1Cl. The van der Waals surface area contributed by atoms with Gasteiger partial charge in [-0.25, -0.2) is 9.98 Å². The van der Waals surface area contributed by atoms with Crippen molar-refractivity contribution in [3.05, 3.63) is 52.2 Å². The Hall–Kier alpha value is -2.70. The van der Waals surface area contributed by atoms with Crippen molar-refractivity contribution in [3.8, 4) is 5.88 Å². The number of hydrogen-bond donors (Lipinski definition) is 0. The molecule has 0 bridgehead atoms. The number of methoxy groups -OCH3 is 1. The van der Waals surface area contributed by atoms with E-state index in [9.17, 15) is 39.5 Å². The number of halogens is 10. The number of alkyl halides is 9. The molecule has 0 radical (unpaired) electrons. The van der Waals surface area contributed by atoms with E-state index in [4.69, 9.17) is 16.3 Å². The Morgan fingerprint density at radius 1 is 1.00 bits per heavy atom. The van der Waals surface area contributed by atoms with Crippen LogP contribution in [0.1, 0.15) is 16.8 Å². The van der Waals surface area contributed by atoms with Gasteiger partial charge in [0.15, 0.2) is 5.69 Å². The molecule has 0 aliphatic rings. The lowest BCUT2D eigenvalue weighted by molar-refractivity contribution is -0.143. The molecule has 0 atom stereocenters. The fraction of sp³-hybridized carbons (Fsp3) is 0.250. The van der Waals surface area contributed by atoms with Crippen LogP contribution in [0.15, 0.2) is 29.8 Å². The quantitative estimate of drug-likeness (QED) is 0.527. The van der Waals surface area contributed by atoms with Crippen molar-refractivity contribution < 1.29 is 44.3 Å². The minimum Gasteiger partial charge on any atom is -0.482 e. The Labute approximate surface area is 166 Å². The van der Waals surface area contributed by atoms with Crippen molar-refractivity contribution in [2.24, 2.45) is 4.99 Å². The van der Waals surface area contributed by atoms with Crippen LogP contribution in [0.4, 0.5) is 45.2 Å². The fourth-order valence-electron chi connectivity index (χ4n) is 2.20. The molecular weight excluding hydrogens is 457 g/mol. The summed E-state index contributed by atoms with van der Waals surface area (Å²) in [4.78, 5) is 6.55. The number of rotatable bonds is 3. The highest BCUT2D eigenvalue weighted by Crippen LogP contribution is 2.43. The van der Waals surface area contributed by atoms with Gasteiger partial charge in [0.25, 0.3) is 0 Å². The monoisotopic (exact) mass is 465 g/mol. The molecule has 2 aromatic rings. The number of ether oxygens (including phenoxy) is 1.